The van der Waals surface area contributed by atoms with Gasteiger partial charge in [0.2, 0.25) is 0 Å². The van der Waals surface area contributed by atoms with Crippen molar-refractivity contribution in [2.75, 3.05) is 31.6 Å². The zero-order chi connectivity index (χ0) is 17.1. The van der Waals surface area contributed by atoms with E-state index in [-0.39, 0.29) is 17.7 Å². The van der Waals surface area contributed by atoms with E-state index in [0.717, 1.165) is 18.0 Å². The second-order valence-corrected chi connectivity index (χ2v) is 5.84. The average Bonchev–Trinajstić information content (AvgIpc) is 2.60. The molecule has 0 fully saturated rings. The third-order valence-corrected chi connectivity index (χ3v) is 4.17. The van der Waals surface area contributed by atoms with Crippen LogP contribution in [0.25, 0.3) is 0 Å². The van der Waals surface area contributed by atoms with Crippen LogP contribution in [-0.2, 0) is 0 Å². The second-order valence-electron chi connectivity index (χ2n) is 5.84. The lowest BCUT2D eigenvalue weighted by Crippen LogP contribution is -2.48. The van der Waals surface area contributed by atoms with Crippen molar-refractivity contribution < 1.29 is 14.3 Å². The molecule has 0 radical (unpaired) electrons. The predicted octanol–water partition coefficient (Wildman–Crippen LogP) is 1.68. The Kier molecular flexibility index (Phi) is 4.55. The molecule has 0 unspecified atom stereocenters. The van der Waals surface area contributed by atoms with Gasteiger partial charge in [0.15, 0.2) is 6.20 Å². The lowest BCUT2D eigenvalue weighted by Gasteiger charge is -2.37. The van der Waals surface area contributed by atoms with Crippen LogP contribution in [0.15, 0.2) is 48.7 Å². The van der Waals surface area contributed by atoms with Crippen molar-refractivity contribution >= 4 is 11.6 Å². The fourth-order valence-electron chi connectivity index (χ4n) is 2.95. The smallest absolute Gasteiger partial charge is 0.319 e. The summed E-state index contributed by atoms with van der Waals surface area (Å²) in [5.74, 6) is 0.520. The van der Waals surface area contributed by atoms with Crippen molar-refractivity contribution in [1.29, 1.82) is 0 Å². The normalized spacial score (nSPS) is 16.2. The highest BCUT2D eigenvalue weighted by atomic mass is 16.5. The lowest BCUT2D eigenvalue weighted by atomic mass is 10.1. The molecule has 0 bridgehead atoms. The van der Waals surface area contributed by atoms with E-state index in [1.54, 1.807) is 19.2 Å². The van der Waals surface area contributed by atoms with Gasteiger partial charge in [0.05, 0.1) is 18.8 Å². The van der Waals surface area contributed by atoms with Crippen LogP contribution in [0.2, 0.25) is 0 Å². The summed E-state index contributed by atoms with van der Waals surface area (Å²) < 4.78 is 6.62. The number of anilines is 1. The molecule has 1 aromatic carbocycles. The Hall–Kier alpha value is -2.76. The van der Waals surface area contributed by atoms with E-state index in [2.05, 4.69) is 11.8 Å². The minimum Gasteiger partial charge on any atom is -0.618 e. The SMILES string of the molecule is CCN1C[C@@H](CN(C)C(=O)c2cccc[n+]2[O-])Oc2ccccc21. The van der Waals surface area contributed by atoms with Gasteiger partial charge in [-0.05, 0) is 25.1 Å². The maximum absolute atomic E-state index is 12.5. The van der Waals surface area contributed by atoms with Crippen molar-refractivity contribution in [2.24, 2.45) is 0 Å². The van der Waals surface area contributed by atoms with Crippen LogP contribution in [-0.4, -0.2) is 43.6 Å². The van der Waals surface area contributed by atoms with Crippen LogP contribution in [0.1, 0.15) is 17.4 Å². The number of benzene rings is 1. The van der Waals surface area contributed by atoms with Gasteiger partial charge in [-0.15, -0.1) is 0 Å². The number of carbonyl (C=O) groups is 1. The molecule has 2 heterocycles. The summed E-state index contributed by atoms with van der Waals surface area (Å²) in [7, 11) is 1.69. The predicted molar refractivity (Wildman–Crippen MR) is 91.1 cm³/mol. The van der Waals surface area contributed by atoms with E-state index in [9.17, 15) is 10.0 Å². The number of para-hydroxylation sites is 2. The van der Waals surface area contributed by atoms with Crippen molar-refractivity contribution in [3.8, 4) is 5.75 Å². The van der Waals surface area contributed by atoms with Crippen molar-refractivity contribution in [3.63, 3.8) is 0 Å². The third-order valence-electron chi connectivity index (χ3n) is 4.17. The molecule has 6 nitrogen and oxygen atoms in total. The largest absolute Gasteiger partial charge is 0.618 e. The van der Waals surface area contributed by atoms with Gasteiger partial charge in [-0.1, -0.05) is 12.1 Å². The first-order valence-corrected chi connectivity index (χ1v) is 8.04. The van der Waals surface area contributed by atoms with E-state index in [1.807, 2.05) is 24.3 Å². The Morgan fingerprint density at radius 2 is 2.08 bits per heavy atom. The minimum absolute atomic E-state index is 0.114. The Bertz CT molecular complexity index is 735. The van der Waals surface area contributed by atoms with Gasteiger partial charge >= 0.3 is 5.91 Å². The van der Waals surface area contributed by atoms with Gasteiger partial charge in [0.1, 0.15) is 11.9 Å². The van der Waals surface area contributed by atoms with E-state index >= 15 is 0 Å². The highest BCUT2D eigenvalue weighted by Gasteiger charge is 2.28. The molecule has 1 aliphatic rings. The molecule has 0 N–H and O–H groups in total. The van der Waals surface area contributed by atoms with E-state index in [0.29, 0.717) is 17.8 Å². The Morgan fingerprint density at radius 1 is 1.33 bits per heavy atom. The first-order valence-electron chi connectivity index (χ1n) is 8.04. The number of ether oxygens (including phenoxy) is 1. The molecule has 0 saturated heterocycles. The first-order chi connectivity index (χ1) is 11.6. The summed E-state index contributed by atoms with van der Waals surface area (Å²) in [5.41, 5.74) is 1.19. The van der Waals surface area contributed by atoms with Gasteiger partial charge in [0, 0.05) is 25.7 Å². The number of hydrogen-bond donors (Lipinski definition) is 0. The molecule has 0 spiro atoms. The van der Waals surface area contributed by atoms with Crippen molar-refractivity contribution in [2.45, 2.75) is 13.0 Å². The number of amides is 1. The average molecular weight is 327 g/mol. The molecule has 126 valence electrons. The molecule has 0 aliphatic carbocycles. The molecule has 1 atom stereocenters. The number of nitrogens with zero attached hydrogens (tertiary/aromatic N) is 3. The molecule has 1 amide bonds. The van der Waals surface area contributed by atoms with Crippen LogP contribution >= 0.6 is 0 Å². The summed E-state index contributed by atoms with van der Waals surface area (Å²) in [6.07, 6.45) is 1.19. The van der Waals surface area contributed by atoms with Crippen LogP contribution in [0.5, 0.6) is 5.75 Å². The Balaban J connectivity index is 1.72. The van der Waals surface area contributed by atoms with Crippen LogP contribution in [0, 0.1) is 5.21 Å². The quantitative estimate of drug-likeness (QED) is 0.633. The fraction of sp³-hybridized carbons (Fsp3) is 0.333. The standard InChI is InChI=1S/C18H21N3O3/c1-3-20-13-14(24-17-10-5-4-8-15(17)20)12-19(2)18(22)16-9-6-7-11-21(16)23/h4-11,14H,3,12-13H2,1-2H3/t14-/m1/s1. The zero-order valence-electron chi connectivity index (χ0n) is 13.9. The molecule has 1 aliphatic heterocycles. The maximum atomic E-state index is 12.5. The first kappa shape index (κ1) is 16.1. The second kappa shape index (κ2) is 6.78. The number of carbonyl (C=O) groups excluding carboxylic acids is 1. The number of hydrogen-bond acceptors (Lipinski definition) is 4. The fourth-order valence-corrected chi connectivity index (χ4v) is 2.95. The summed E-state index contributed by atoms with van der Waals surface area (Å²) in [5, 5.41) is 11.7. The minimum atomic E-state index is -0.309. The maximum Gasteiger partial charge on any atom is 0.319 e. The summed E-state index contributed by atoms with van der Waals surface area (Å²) in [4.78, 5) is 16.2. The topological polar surface area (TPSA) is 59.7 Å². The Morgan fingerprint density at radius 3 is 2.83 bits per heavy atom. The van der Waals surface area contributed by atoms with Crippen molar-refractivity contribution in [3.05, 3.63) is 59.6 Å². The van der Waals surface area contributed by atoms with Crippen LogP contribution in [0.3, 0.4) is 0 Å². The monoisotopic (exact) mass is 327 g/mol. The van der Waals surface area contributed by atoms with Crippen molar-refractivity contribution in [1.82, 2.24) is 4.90 Å². The van der Waals surface area contributed by atoms with E-state index < -0.39 is 0 Å². The third kappa shape index (κ3) is 3.13. The highest BCUT2D eigenvalue weighted by Crippen LogP contribution is 2.32. The summed E-state index contributed by atoms with van der Waals surface area (Å²) in [6, 6.07) is 12.7. The molecular weight excluding hydrogens is 306 g/mol. The molecule has 2 aromatic rings. The number of pyridine rings is 1. The van der Waals surface area contributed by atoms with Gasteiger partial charge in [-0.25, -0.2) is 0 Å². The molecule has 0 saturated carbocycles. The zero-order valence-corrected chi connectivity index (χ0v) is 13.9. The molecular formula is C18H21N3O3. The van der Waals surface area contributed by atoms with E-state index in [4.69, 9.17) is 4.74 Å². The van der Waals surface area contributed by atoms with Gasteiger partial charge in [-0.2, -0.15) is 4.73 Å². The molecule has 3 rings (SSSR count). The summed E-state index contributed by atoms with van der Waals surface area (Å²) in [6.45, 7) is 4.09. The number of aromatic nitrogens is 1. The van der Waals surface area contributed by atoms with Crippen LogP contribution < -0.4 is 14.4 Å². The number of likely N-dealkylation sites (N-methyl/N-ethyl adjacent to an activating group) is 2. The molecule has 1 aromatic heterocycles. The molecule has 6 heteroatoms. The van der Waals surface area contributed by atoms with Gasteiger partial charge in [0.25, 0.3) is 5.69 Å². The van der Waals surface area contributed by atoms with Gasteiger partial charge < -0.3 is 19.7 Å². The number of rotatable bonds is 4. The number of fused-ring (bicyclic) bond motifs is 1. The Labute approximate surface area is 141 Å². The van der Waals surface area contributed by atoms with Gasteiger partial charge in [-0.3, -0.25) is 4.79 Å². The van der Waals surface area contributed by atoms with E-state index in [1.165, 1.54) is 17.2 Å². The lowest BCUT2D eigenvalue weighted by molar-refractivity contribution is -0.608. The van der Waals surface area contributed by atoms with Crippen LogP contribution in [0.4, 0.5) is 5.69 Å². The highest BCUT2D eigenvalue weighted by molar-refractivity contribution is 5.90. The summed E-state index contributed by atoms with van der Waals surface area (Å²) >= 11 is 0. The molecule has 24 heavy (non-hydrogen) atoms.